The zero-order valence-electron chi connectivity index (χ0n) is 7.10. The van der Waals surface area contributed by atoms with Gasteiger partial charge in [-0.25, -0.2) is 0 Å². The van der Waals surface area contributed by atoms with Gasteiger partial charge in [-0.3, -0.25) is 0 Å². The van der Waals surface area contributed by atoms with Crippen LogP contribution in [0.5, 0.6) is 0 Å². The molecular weight excluding hydrogens is 158 g/mol. The highest BCUT2D eigenvalue weighted by Gasteiger charge is 2.35. The van der Waals surface area contributed by atoms with E-state index in [9.17, 15) is 0 Å². The maximum atomic E-state index is 8.56. The lowest BCUT2D eigenvalue weighted by molar-refractivity contribution is 0.278. The number of rotatable bonds is 5. The number of hydrogen-bond acceptors (Lipinski definition) is 3. The monoisotopic (exact) mass is 175 g/mol. The van der Waals surface area contributed by atoms with Crippen molar-refractivity contribution in [3.63, 3.8) is 0 Å². The lowest BCUT2D eigenvalue weighted by atomic mass is 9.84. The first kappa shape index (κ1) is 9.36. The molecule has 2 N–H and O–H groups in total. The van der Waals surface area contributed by atoms with E-state index in [0.717, 1.165) is 13.1 Å². The van der Waals surface area contributed by atoms with E-state index in [1.54, 1.807) is 0 Å². The largest absolute Gasteiger partial charge is 0.395 e. The predicted octanol–water partition coefficient (Wildman–Crippen LogP) is 0.854. The lowest BCUT2D eigenvalue weighted by Crippen LogP contribution is -2.43. The molecule has 1 aliphatic carbocycles. The molecule has 0 aliphatic heterocycles. The number of aliphatic hydroxyl groups excluding tert-OH is 1. The van der Waals surface area contributed by atoms with Crippen LogP contribution in [0, 0.1) is 0 Å². The normalized spacial score (nSPS) is 21.3. The Morgan fingerprint density at radius 3 is 2.64 bits per heavy atom. The molecule has 1 saturated carbocycles. The molecule has 0 amide bonds. The Bertz CT molecular complexity index is 109. The van der Waals surface area contributed by atoms with Gasteiger partial charge in [-0.1, -0.05) is 6.42 Å². The van der Waals surface area contributed by atoms with Crippen LogP contribution in [-0.4, -0.2) is 35.8 Å². The van der Waals surface area contributed by atoms with E-state index < -0.39 is 0 Å². The molecule has 11 heavy (non-hydrogen) atoms. The second-order valence-electron chi connectivity index (χ2n) is 3.14. The summed E-state index contributed by atoms with van der Waals surface area (Å²) < 4.78 is 0.509. The predicted molar refractivity (Wildman–Crippen MR) is 50.1 cm³/mol. The number of aliphatic hydroxyl groups is 1. The molecular formula is C8H17NOS. The van der Waals surface area contributed by atoms with Gasteiger partial charge in [0.2, 0.25) is 0 Å². The standard InChI is InChI=1S/C8H17NOS/c1-11-8(3-2-4-8)7-9-5-6-10/h9-10H,2-7H2,1H3. The van der Waals surface area contributed by atoms with Gasteiger partial charge in [0.15, 0.2) is 0 Å². The summed E-state index contributed by atoms with van der Waals surface area (Å²) in [6, 6.07) is 0. The molecule has 0 bridgehead atoms. The van der Waals surface area contributed by atoms with Gasteiger partial charge in [0, 0.05) is 17.8 Å². The molecule has 0 atom stereocenters. The Morgan fingerprint density at radius 1 is 1.55 bits per heavy atom. The summed E-state index contributed by atoms with van der Waals surface area (Å²) in [5, 5.41) is 11.8. The Balaban J connectivity index is 2.11. The van der Waals surface area contributed by atoms with E-state index in [1.165, 1.54) is 19.3 Å². The van der Waals surface area contributed by atoms with Gasteiger partial charge < -0.3 is 10.4 Å². The molecule has 0 aromatic rings. The second kappa shape index (κ2) is 4.33. The van der Waals surface area contributed by atoms with Crippen LogP contribution in [-0.2, 0) is 0 Å². The SMILES string of the molecule is CSC1(CNCCO)CCC1. The highest BCUT2D eigenvalue weighted by Crippen LogP contribution is 2.41. The Labute approximate surface area is 72.8 Å². The van der Waals surface area contributed by atoms with E-state index in [-0.39, 0.29) is 6.61 Å². The molecule has 0 aromatic heterocycles. The van der Waals surface area contributed by atoms with Crippen LogP contribution in [0.4, 0.5) is 0 Å². The van der Waals surface area contributed by atoms with Crippen LogP contribution in [0.3, 0.4) is 0 Å². The summed E-state index contributed by atoms with van der Waals surface area (Å²) in [7, 11) is 0. The molecule has 0 radical (unpaired) electrons. The smallest absolute Gasteiger partial charge is 0.0555 e. The van der Waals surface area contributed by atoms with Crippen molar-refractivity contribution < 1.29 is 5.11 Å². The first-order valence-electron chi connectivity index (χ1n) is 4.20. The number of nitrogens with one attached hydrogen (secondary N) is 1. The Hall–Kier alpha value is 0.270. The van der Waals surface area contributed by atoms with Crippen molar-refractivity contribution in [1.29, 1.82) is 0 Å². The molecule has 3 heteroatoms. The van der Waals surface area contributed by atoms with Crippen molar-refractivity contribution in [2.75, 3.05) is 26.0 Å². The van der Waals surface area contributed by atoms with Crippen molar-refractivity contribution in [2.45, 2.75) is 24.0 Å². The fourth-order valence-corrected chi connectivity index (χ4v) is 2.36. The third-order valence-electron chi connectivity index (χ3n) is 2.43. The van der Waals surface area contributed by atoms with E-state index >= 15 is 0 Å². The molecule has 1 rings (SSSR count). The van der Waals surface area contributed by atoms with Crippen LogP contribution in [0.15, 0.2) is 0 Å². The zero-order valence-corrected chi connectivity index (χ0v) is 7.91. The fourth-order valence-electron chi connectivity index (χ4n) is 1.42. The molecule has 0 aromatic carbocycles. The van der Waals surface area contributed by atoms with Gasteiger partial charge in [-0.2, -0.15) is 11.8 Å². The van der Waals surface area contributed by atoms with Gasteiger partial charge >= 0.3 is 0 Å². The topological polar surface area (TPSA) is 32.3 Å². The molecule has 0 unspecified atom stereocenters. The van der Waals surface area contributed by atoms with Crippen molar-refractivity contribution in [3.8, 4) is 0 Å². The van der Waals surface area contributed by atoms with Gasteiger partial charge in [-0.15, -0.1) is 0 Å². The van der Waals surface area contributed by atoms with Gasteiger partial charge in [0.1, 0.15) is 0 Å². The fraction of sp³-hybridized carbons (Fsp3) is 1.00. The quantitative estimate of drug-likeness (QED) is 0.608. The molecule has 0 heterocycles. The summed E-state index contributed by atoms with van der Waals surface area (Å²) in [5.74, 6) is 0. The number of thioether (sulfide) groups is 1. The average molecular weight is 175 g/mol. The van der Waals surface area contributed by atoms with Crippen LogP contribution in [0.25, 0.3) is 0 Å². The molecule has 0 spiro atoms. The van der Waals surface area contributed by atoms with Crippen molar-refractivity contribution in [3.05, 3.63) is 0 Å². The van der Waals surface area contributed by atoms with Crippen molar-refractivity contribution >= 4 is 11.8 Å². The summed E-state index contributed by atoms with van der Waals surface area (Å²) >= 11 is 1.97. The van der Waals surface area contributed by atoms with Gasteiger partial charge in [0.05, 0.1) is 6.61 Å². The molecule has 1 fully saturated rings. The third kappa shape index (κ3) is 2.36. The summed E-state index contributed by atoms with van der Waals surface area (Å²) in [4.78, 5) is 0. The number of hydrogen-bond donors (Lipinski definition) is 2. The second-order valence-corrected chi connectivity index (χ2v) is 4.42. The van der Waals surface area contributed by atoms with E-state index in [0.29, 0.717) is 4.75 Å². The van der Waals surface area contributed by atoms with Crippen LogP contribution in [0.1, 0.15) is 19.3 Å². The van der Waals surface area contributed by atoms with Crippen LogP contribution >= 0.6 is 11.8 Å². The molecule has 66 valence electrons. The molecule has 1 aliphatic rings. The minimum atomic E-state index is 0.254. The highest BCUT2D eigenvalue weighted by atomic mass is 32.2. The average Bonchev–Trinajstić information content (AvgIpc) is 1.95. The molecule has 0 saturated heterocycles. The third-order valence-corrected chi connectivity index (χ3v) is 3.85. The lowest BCUT2D eigenvalue weighted by Gasteiger charge is -2.40. The summed E-state index contributed by atoms with van der Waals surface area (Å²) in [5.41, 5.74) is 0. The van der Waals surface area contributed by atoms with Crippen molar-refractivity contribution in [1.82, 2.24) is 5.32 Å². The highest BCUT2D eigenvalue weighted by molar-refractivity contribution is 8.00. The van der Waals surface area contributed by atoms with Gasteiger partial charge in [-0.05, 0) is 19.1 Å². The molecule has 2 nitrogen and oxygen atoms in total. The van der Waals surface area contributed by atoms with E-state index in [2.05, 4.69) is 11.6 Å². The minimum Gasteiger partial charge on any atom is -0.395 e. The Kier molecular flexibility index (Phi) is 3.69. The van der Waals surface area contributed by atoms with Crippen LogP contribution in [0.2, 0.25) is 0 Å². The maximum absolute atomic E-state index is 8.56. The first-order valence-corrected chi connectivity index (χ1v) is 5.42. The van der Waals surface area contributed by atoms with Crippen LogP contribution < -0.4 is 5.32 Å². The Morgan fingerprint density at radius 2 is 2.27 bits per heavy atom. The van der Waals surface area contributed by atoms with E-state index in [1.807, 2.05) is 11.8 Å². The maximum Gasteiger partial charge on any atom is 0.0555 e. The summed E-state index contributed by atoms with van der Waals surface area (Å²) in [6.07, 6.45) is 6.24. The first-order chi connectivity index (χ1) is 5.33. The van der Waals surface area contributed by atoms with Gasteiger partial charge in [0.25, 0.3) is 0 Å². The minimum absolute atomic E-state index is 0.254. The van der Waals surface area contributed by atoms with E-state index in [4.69, 9.17) is 5.11 Å². The zero-order chi connectivity index (χ0) is 8.16. The summed E-state index contributed by atoms with van der Waals surface area (Å²) in [6.45, 7) is 2.06. The van der Waals surface area contributed by atoms with Crippen molar-refractivity contribution in [2.24, 2.45) is 0 Å².